The monoisotopic (exact) mass is 381 g/mol. The molecular formula is C23H31N3O2. The van der Waals surface area contributed by atoms with Gasteiger partial charge in [-0.25, -0.2) is 0 Å². The topological polar surface area (TPSA) is 48.7 Å². The van der Waals surface area contributed by atoms with Crippen LogP contribution in [0.4, 0.5) is 5.69 Å². The van der Waals surface area contributed by atoms with Crippen LogP contribution in [0.5, 0.6) is 0 Å². The molecule has 1 aliphatic heterocycles. The van der Waals surface area contributed by atoms with Crippen LogP contribution in [-0.2, 0) is 17.9 Å². The molecule has 0 atom stereocenters. The Morgan fingerprint density at radius 1 is 0.929 bits per heavy atom. The molecule has 1 aromatic carbocycles. The summed E-state index contributed by atoms with van der Waals surface area (Å²) in [7, 11) is 0. The molecule has 1 saturated heterocycles. The van der Waals surface area contributed by atoms with Crippen molar-refractivity contribution < 1.29 is 9.21 Å². The highest BCUT2D eigenvalue weighted by Gasteiger charge is 2.21. The quantitative estimate of drug-likeness (QED) is 0.818. The van der Waals surface area contributed by atoms with Crippen LogP contribution in [0.15, 0.2) is 47.1 Å². The molecule has 28 heavy (non-hydrogen) atoms. The number of benzene rings is 1. The SMILES string of the molecule is O=C(Nc1ccc(CN2CCN(Cc3ccco3)CC2)cc1)C1CCCCC1. The van der Waals surface area contributed by atoms with Crippen molar-refractivity contribution in [3.63, 3.8) is 0 Å². The number of anilines is 1. The number of hydrogen-bond donors (Lipinski definition) is 1. The van der Waals surface area contributed by atoms with Crippen LogP contribution in [-0.4, -0.2) is 41.9 Å². The van der Waals surface area contributed by atoms with Crippen molar-refractivity contribution in [3.8, 4) is 0 Å². The molecule has 0 bridgehead atoms. The molecule has 5 heteroatoms. The lowest BCUT2D eigenvalue weighted by Crippen LogP contribution is -2.45. The molecule has 0 radical (unpaired) electrons. The van der Waals surface area contributed by atoms with Gasteiger partial charge in [-0.3, -0.25) is 14.6 Å². The molecule has 2 aromatic rings. The van der Waals surface area contributed by atoms with E-state index in [1.807, 2.05) is 24.3 Å². The number of carbonyl (C=O) groups is 1. The normalized spacial score (nSPS) is 19.6. The summed E-state index contributed by atoms with van der Waals surface area (Å²) in [5.74, 6) is 1.44. The summed E-state index contributed by atoms with van der Waals surface area (Å²) in [4.78, 5) is 17.3. The average molecular weight is 382 g/mol. The first-order valence-electron chi connectivity index (χ1n) is 10.6. The molecule has 1 saturated carbocycles. The van der Waals surface area contributed by atoms with E-state index in [9.17, 15) is 4.79 Å². The minimum Gasteiger partial charge on any atom is -0.468 e. The van der Waals surface area contributed by atoms with Gasteiger partial charge in [0.25, 0.3) is 0 Å². The van der Waals surface area contributed by atoms with E-state index in [0.717, 1.165) is 63.6 Å². The van der Waals surface area contributed by atoms with Crippen molar-refractivity contribution in [3.05, 3.63) is 54.0 Å². The number of carbonyl (C=O) groups excluding carboxylic acids is 1. The molecule has 0 unspecified atom stereocenters. The van der Waals surface area contributed by atoms with Crippen molar-refractivity contribution >= 4 is 11.6 Å². The predicted molar refractivity (Wildman–Crippen MR) is 111 cm³/mol. The van der Waals surface area contributed by atoms with E-state index in [1.165, 1.54) is 24.8 Å². The Bertz CT molecular complexity index is 728. The molecule has 150 valence electrons. The van der Waals surface area contributed by atoms with Crippen LogP contribution in [0.1, 0.15) is 43.4 Å². The Kier molecular flexibility index (Phi) is 6.45. The largest absolute Gasteiger partial charge is 0.468 e. The van der Waals surface area contributed by atoms with Gasteiger partial charge >= 0.3 is 0 Å². The second kappa shape index (κ2) is 9.39. The van der Waals surface area contributed by atoms with Crippen LogP contribution in [0.25, 0.3) is 0 Å². The van der Waals surface area contributed by atoms with E-state index in [4.69, 9.17) is 4.42 Å². The Hall–Kier alpha value is -2.11. The van der Waals surface area contributed by atoms with Crippen LogP contribution >= 0.6 is 0 Å². The van der Waals surface area contributed by atoms with Crippen molar-refractivity contribution in [2.45, 2.75) is 45.2 Å². The maximum Gasteiger partial charge on any atom is 0.227 e. The highest BCUT2D eigenvalue weighted by Crippen LogP contribution is 2.25. The number of piperazine rings is 1. The van der Waals surface area contributed by atoms with Gasteiger partial charge in [-0.15, -0.1) is 0 Å². The van der Waals surface area contributed by atoms with Gasteiger partial charge in [-0.2, -0.15) is 0 Å². The van der Waals surface area contributed by atoms with Gasteiger partial charge in [0.15, 0.2) is 0 Å². The first-order valence-corrected chi connectivity index (χ1v) is 10.6. The van der Waals surface area contributed by atoms with E-state index in [-0.39, 0.29) is 11.8 Å². The second-order valence-corrected chi connectivity index (χ2v) is 8.15. The summed E-state index contributed by atoms with van der Waals surface area (Å²) in [6, 6.07) is 12.4. The molecule has 2 fully saturated rings. The highest BCUT2D eigenvalue weighted by atomic mass is 16.3. The fourth-order valence-electron chi connectivity index (χ4n) is 4.29. The van der Waals surface area contributed by atoms with Gasteiger partial charge in [0.05, 0.1) is 12.8 Å². The molecule has 1 aromatic heterocycles. The van der Waals surface area contributed by atoms with E-state index in [0.29, 0.717) is 0 Å². The third-order valence-corrected chi connectivity index (χ3v) is 6.03. The molecular weight excluding hydrogens is 350 g/mol. The van der Waals surface area contributed by atoms with Crippen molar-refractivity contribution in [1.29, 1.82) is 0 Å². The summed E-state index contributed by atoms with van der Waals surface area (Å²) in [6.45, 7) is 6.13. The molecule has 1 N–H and O–H groups in total. The van der Waals surface area contributed by atoms with Gasteiger partial charge in [0.1, 0.15) is 5.76 Å². The maximum atomic E-state index is 12.4. The minimum absolute atomic E-state index is 0.195. The summed E-state index contributed by atoms with van der Waals surface area (Å²) in [5.41, 5.74) is 2.22. The molecule has 5 nitrogen and oxygen atoms in total. The Morgan fingerprint density at radius 3 is 2.25 bits per heavy atom. The second-order valence-electron chi connectivity index (χ2n) is 8.15. The van der Waals surface area contributed by atoms with E-state index in [1.54, 1.807) is 6.26 Å². The number of amides is 1. The van der Waals surface area contributed by atoms with Gasteiger partial charge in [-0.1, -0.05) is 31.4 Å². The molecule has 1 aliphatic carbocycles. The van der Waals surface area contributed by atoms with Crippen LogP contribution in [0.3, 0.4) is 0 Å². The van der Waals surface area contributed by atoms with E-state index in [2.05, 4.69) is 27.2 Å². The molecule has 4 rings (SSSR count). The lowest BCUT2D eigenvalue weighted by atomic mass is 9.88. The maximum absolute atomic E-state index is 12.4. The van der Waals surface area contributed by atoms with Gasteiger partial charge in [0.2, 0.25) is 5.91 Å². The molecule has 2 aliphatic rings. The van der Waals surface area contributed by atoms with Gasteiger partial charge in [-0.05, 0) is 42.7 Å². The minimum atomic E-state index is 0.195. The van der Waals surface area contributed by atoms with Crippen molar-refractivity contribution in [2.75, 3.05) is 31.5 Å². The summed E-state index contributed by atoms with van der Waals surface area (Å²) < 4.78 is 5.45. The Labute approximate surface area is 167 Å². The van der Waals surface area contributed by atoms with Crippen molar-refractivity contribution in [2.24, 2.45) is 5.92 Å². The summed E-state index contributed by atoms with van der Waals surface area (Å²) in [6.07, 6.45) is 7.46. The van der Waals surface area contributed by atoms with Gasteiger partial charge < -0.3 is 9.73 Å². The first-order chi connectivity index (χ1) is 13.8. The molecule has 0 spiro atoms. The number of nitrogens with zero attached hydrogens (tertiary/aromatic N) is 2. The van der Waals surface area contributed by atoms with Crippen LogP contribution in [0, 0.1) is 5.92 Å². The Morgan fingerprint density at radius 2 is 1.61 bits per heavy atom. The zero-order valence-corrected chi connectivity index (χ0v) is 16.6. The number of hydrogen-bond acceptors (Lipinski definition) is 4. The number of furan rings is 1. The average Bonchev–Trinajstić information content (AvgIpc) is 3.25. The fraction of sp³-hybridized carbons (Fsp3) is 0.522. The summed E-state index contributed by atoms with van der Waals surface area (Å²) >= 11 is 0. The van der Waals surface area contributed by atoms with Gasteiger partial charge in [0, 0.05) is 44.3 Å². The molecule has 1 amide bonds. The Balaban J connectivity index is 1.22. The van der Waals surface area contributed by atoms with Crippen molar-refractivity contribution in [1.82, 2.24) is 9.80 Å². The van der Waals surface area contributed by atoms with Crippen LogP contribution < -0.4 is 5.32 Å². The lowest BCUT2D eigenvalue weighted by Gasteiger charge is -2.34. The predicted octanol–water partition coefficient (Wildman–Crippen LogP) is 4.12. The first kappa shape index (κ1) is 19.2. The van der Waals surface area contributed by atoms with Crippen LogP contribution in [0.2, 0.25) is 0 Å². The smallest absolute Gasteiger partial charge is 0.227 e. The standard InChI is InChI=1S/C23H31N3O2/c27-23(20-5-2-1-3-6-20)24-21-10-8-19(9-11-21)17-25-12-14-26(15-13-25)18-22-7-4-16-28-22/h4,7-11,16,20H,1-3,5-6,12-15,17-18H2,(H,24,27). The third kappa shape index (κ3) is 5.24. The lowest BCUT2D eigenvalue weighted by molar-refractivity contribution is -0.120. The molecule has 2 heterocycles. The number of rotatable bonds is 6. The van der Waals surface area contributed by atoms with E-state index >= 15 is 0 Å². The zero-order valence-electron chi connectivity index (χ0n) is 16.6. The third-order valence-electron chi connectivity index (χ3n) is 6.03. The summed E-state index contributed by atoms with van der Waals surface area (Å²) in [5, 5.41) is 3.10. The fourth-order valence-corrected chi connectivity index (χ4v) is 4.29. The highest BCUT2D eigenvalue weighted by molar-refractivity contribution is 5.92. The zero-order chi connectivity index (χ0) is 19.2. The number of nitrogens with one attached hydrogen (secondary N) is 1. The van der Waals surface area contributed by atoms with E-state index < -0.39 is 0 Å².